The van der Waals surface area contributed by atoms with Gasteiger partial charge in [-0.25, -0.2) is 13.2 Å². The molecular formula is C19H21NO4S. The molecule has 0 saturated heterocycles. The van der Waals surface area contributed by atoms with Crippen LogP contribution in [-0.4, -0.2) is 29.8 Å². The van der Waals surface area contributed by atoms with Gasteiger partial charge in [0.05, 0.1) is 10.5 Å². The summed E-state index contributed by atoms with van der Waals surface area (Å²) in [6, 6.07) is 13.8. The predicted octanol–water partition coefficient (Wildman–Crippen LogP) is 3.30. The Hall–Kier alpha value is -2.18. The van der Waals surface area contributed by atoms with Crippen molar-refractivity contribution in [2.24, 2.45) is 0 Å². The molecule has 0 bridgehead atoms. The van der Waals surface area contributed by atoms with E-state index in [9.17, 15) is 18.3 Å². The van der Waals surface area contributed by atoms with Crippen molar-refractivity contribution in [2.75, 3.05) is 0 Å². The van der Waals surface area contributed by atoms with Crippen molar-refractivity contribution in [1.82, 2.24) is 4.31 Å². The van der Waals surface area contributed by atoms with Crippen molar-refractivity contribution in [3.8, 4) is 0 Å². The molecule has 2 aromatic rings. The standard InChI is InChI=1S/C19H21NO4S/c1-2-15-8-9-16(19(21)22)12-18(15)25(23,24)20(17-10-11-17)13-14-6-4-3-5-7-14/h3-9,12,17H,2,10-11,13H2,1H3,(H,21,22). The maximum atomic E-state index is 13.3. The number of nitrogens with zero attached hydrogens (tertiary/aromatic N) is 1. The molecule has 0 aliphatic heterocycles. The molecule has 2 aromatic carbocycles. The van der Waals surface area contributed by atoms with Crippen LogP contribution >= 0.6 is 0 Å². The van der Waals surface area contributed by atoms with Crippen LogP contribution in [0.3, 0.4) is 0 Å². The van der Waals surface area contributed by atoms with Gasteiger partial charge in [-0.3, -0.25) is 0 Å². The van der Waals surface area contributed by atoms with E-state index in [1.807, 2.05) is 37.3 Å². The summed E-state index contributed by atoms with van der Waals surface area (Å²) in [7, 11) is -3.76. The quantitative estimate of drug-likeness (QED) is 0.823. The fraction of sp³-hybridized carbons (Fsp3) is 0.316. The lowest BCUT2D eigenvalue weighted by molar-refractivity contribution is 0.0696. The van der Waals surface area contributed by atoms with Gasteiger partial charge in [-0.2, -0.15) is 4.31 Å². The van der Waals surface area contributed by atoms with Gasteiger partial charge in [-0.1, -0.05) is 43.3 Å². The molecular weight excluding hydrogens is 338 g/mol. The van der Waals surface area contributed by atoms with E-state index in [-0.39, 0.29) is 16.5 Å². The summed E-state index contributed by atoms with van der Waals surface area (Å²) in [6.45, 7) is 2.17. The van der Waals surface area contributed by atoms with Gasteiger partial charge in [0, 0.05) is 12.6 Å². The highest BCUT2D eigenvalue weighted by Gasteiger charge is 2.39. The maximum Gasteiger partial charge on any atom is 0.335 e. The molecule has 0 radical (unpaired) electrons. The third-order valence-corrected chi connectivity index (χ3v) is 6.40. The number of rotatable bonds is 7. The van der Waals surface area contributed by atoms with E-state index in [0.29, 0.717) is 18.5 Å². The molecule has 5 nitrogen and oxygen atoms in total. The molecule has 3 rings (SSSR count). The first-order valence-electron chi connectivity index (χ1n) is 8.35. The van der Waals surface area contributed by atoms with Crippen LogP contribution in [0.5, 0.6) is 0 Å². The lowest BCUT2D eigenvalue weighted by Crippen LogP contribution is -2.33. The van der Waals surface area contributed by atoms with Crippen LogP contribution in [0.15, 0.2) is 53.4 Å². The van der Waals surface area contributed by atoms with Crippen LogP contribution in [0.1, 0.15) is 41.3 Å². The van der Waals surface area contributed by atoms with Crippen molar-refractivity contribution >= 4 is 16.0 Å². The van der Waals surface area contributed by atoms with Crippen molar-refractivity contribution in [3.63, 3.8) is 0 Å². The number of aromatic carboxylic acids is 1. The fourth-order valence-electron chi connectivity index (χ4n) is 2.88. The van der Waals surface area contributed by atoms with Gasteiger partial charge < -0.3 is 5.11 Å². The first-order valence-corrected chi connectivity index (χ1v) is 9.79. The summed E-state index contributed by atoms with van der Waals surface area (Å²) in [4.78, 5) is 11.4. The molecule has 0 heterocycles. The zero-order chi connectivity index (χ0) is 18.0. The lowest BCUT2D eigenvalue weighted by atomic mass is 10.1. The molecule has 0 unspecified atom stereocenters. The zero-order valence-corrected chi connectivity index (χ0v) is 14.9. The first kappa shape index (κ1) is 17.6. The zero-order valence-electron chi connectivity index (χ0n) is 14.1. The van der Waals surface area contributed by atoms with E-state index in [2.05, 4.69) is 0 Å². The highest BCUT2D eigenvalue weighted by Crippen LogP contribution is 2.35. The maximum absolute atomic E-state index is 13.3. The van der Waals surface area contributed by atoms with Crippen LogP contribution in [-0.2, 0) is 23.0 Å². The topological polar surface area (TPSA) is 74.7 Å². The molecule has 1 fully saturated rings. The number of hydrogen-bond donors (Lipinski definition) is 1. The summed E-state index contributed by atoms with van der Waals surface area (Å²) in [5.74, 6) is -1.12. The molecule has 1 aliphatic carbocycles. The minimum atomic E-state index is -3.76. The Kier molecular flexibility index (Phi) is 4.92. The highest BCUT2D eigenvalue weighted by molar-refractivity contribution is 7.89. The average Bonchev–Trinajstić information content (AvgIpc) is 3.44. The Balaban J connectivity index is 2.03. The van der Waals surface area contributed by atoms with Gasteiger partial charge >= 0.3 is 5.97 Å². The molecule has 0 aromatic heterocycles. The number of sulfonamides is 1. The number of aryl methyl sites for hydroxylation is 1. The van der Waals surface area contributed by atoms with Gasteiger partial charge in [-0.05, 0) is 42.5 Å². The van der Waals surface area contributed by atoms with Crippen molar-refractivity contribution in [2.45, 2.75) is 43.7 Å². The molecule has 1 N–H and O–H groups in total. The van der Waals surface area contributed by atoms with Gasteiger partial charge in [0.25, 0.3) is 0 Å². The summed E-state index contributed by atoms with van der Waals surface area (Å²) in [5, 5.41) is 9.23. The smallest absolute Gasteiger partial charge is 0.335 e. The monoisotopic (exact) mass is 359 g/mol. The second kappa shape index (κ2) is 6.98. The SMILES string of the molecule is CCc1ccc(C(=O)O)cc1S(=O)(=O)N(Cc1ccccc1)C1CC1. The van der Waals surface area contributed by atoms with Gasteiger partial charge in [0.15, 0.2) is 0 Å². The van der Waals surface area contributed by atoms with E-state index in [4.69, 9.17) is 0 Å². The molecule has 132 valence electrons. The Morgan fingerprint density at radius 2 is 1.84 bits per heavy atom. The second-order valence-corrected chi connectivity index (χ2v) is 8.11. The molecule has 6 heteroatoms. The molecule has 1 saturated carbocycles. The van der Waals surface area contributed by atoms with Gasteiger partial charge in [0.1, 0.15) is 0 Å². The number of carbonyl (C=O) groups is 1. The Morgan fingerprint density at radius 3 is 2.40 bits per heavy atom. The third-order valence-electron chi connectivity index (χ3n) is 4.42. The predicted molar refractivity (Wildman–Crippen MR) is 95.0 cm³/mol. The van der Waals surface area contributed by atoms with E-state index >= 15 is 0 Å². The largest absolute Gasteiger partial charge is 0.478 e. The van der Waals surface area contributed by atoms with Crippen LogP contribution in [0.2, 0.25) is 0 Å². The number of carboxylic acid groups (broad SMARTS) is 1. The van der Waals surface area contributed by atoms with Crippen molar-refractivity contribution in [1.29, 1.82) is 0 Å². The van der Waals surface area contributed by atoms with E-state index in [1.165, 1.54) is 16.4 Å². The highest BCUT2D eigenvalue weighted by atomic mass is 32.2. The van der Waals surface area contributed by atoms with E-state index < -0.39 is 16.0 Å². The van der Waals surface area contributed by atoms with Gasteiger partial charge in [0.2, 0.25) is 10.0 Å². The normalized spacial score (nSPS) is 14.6. The van der Waals surface area contributed by atoms with Crippen LogP contribution < -0.4 is 0 Å². The minimum absolute atomic E-state index is 0.00812. The number of benzene rings is 2. The van der Waals surface area contributed by atoms with Crippen molar-refractivity contribution in [3.05, 3.63) is 65.2 Å². The molecule has 0 amide bonds. The number of hydrogen-bond acceptors (Lipinski definition) is 3. The Morgan fingerprint density at radius 1 is 1.16 bits per heavy atom. The van der Waals surface area contributed by atoms with E-state index in [1.54, 1.807) is 6.07 Å². The van der Waals surface area contributed by atoms with Crippen LogP contribution in [0.4, 0.5) is 0 Å². The lowest BCUT2D eigenvalue weighted by Gasteiger charge is -2.23. The van der Waals surface area contributed by atoms with E-state index in [0.717, 1.165) is 18.4 Å². The molecule has 1 aliphatic rings. The van der Waals surface area contributed by atoms with Crippen LogP contribution in [0.25, 0.3) is 0 Å². The summed E-state index contributed by atoms with van der Waals surface area (Å²) in [6.07, 6.45) is 2.20. The van der Waals surface area contributed by atoms with Gasteiger partial charge in [-0.15, -0.1) is 0 Å². The number of carboxylic acids is 1. The third kappa shape index (κ3) is 3.75. The Bertz CT molecular complexity index is 874. The van der Waals surface area contributed by atoms with Crippen LogP contribution in [0, 0.1) is 0 Å². The van der Waals surface area contributed by atoms with Crippen molar-refractivity contribution < 1.29 is 18.3 Å². The molecule has 0 atom stereocenters. The minimum Gasteiger partial charge on any atom is -0.478 e. The fourth-order valence-corrected chi connectivity index (χ4v) is 4.88. The second-order valence-electron chi connectivity index (χ2n) is 6.25. The Labute approximate surface area is 148 Å². The summed E-state index contributed by atoms with van der Waals surface area (Å²) < 4.78 is 28.1. The average molecular weight is 359 g/mol. The molecule has 25 heavy (non-hydrogen) atoms. The summed E-state index contributed by atoms with van der Waals surface area (Å²) >= 11 is 0. The molecule has 0 spiro atoms. The first-order chi connectivity index (χ1) is 11.9. The summed E-state index contributed by atoms with van der Waals surface area (Å²) in [5.41, 5.74) is 1.56.